The molecule has 1 aromatic carbocycles. The summed E-state index contributed by atoms with van der Waals surface area (Å²) in [6.45, 7) is 1.89. The number of piperidine rings is 1. The van der Waals surface area contributed by atoms with Gasteiger partial charge < -0.3 is 9.73 Å². The Kier molecular flexibility index (Phi) is 3.98. The predicted molar refractivity (Wildman–Crippen MR) is 77.5 cm³/mol. The van der Waals surface area contributed by atoms with Crippen molar-refractivity contribution in [2.24, 2.45) is 5.92 Å². The second-order valence-electron chi connectivity index (χ2n) is 5.09. The monoisotopic (exact) mass is 309 g/mol. The van der Waals surface area contributed by atoms with Gasteiger partial charge in [0, 0.05) is 17.9 Å². The van der Waals surface area contributed by atoms with Gasteiger partial charge in [0.1, 0.15) is 16.3 Å². The maximum Gasteiger partial charge on any atom is 0.287 e. The summed E-state index contributed by atoms with van der Waals surface area (Å²) >= 11 is 0. The zero-order valence-electron chi connectivity index (χ0n) is 11.3. The van der Waals surface area contributed by atoms with Crippen molar-refractivity contribution in [3.63, 3.8) is 0 Å². The lowest BCUT2D eigenvalue weighted by Gasteiger charge is -2.21. The van der Waals surface area contributed by atoms with E-state index in [2.05, 4.69) is 10.3 Å². The first-order chi connectivity index (χ1) is 10.1. The molecule has 1 aromatic heterocycles. The van der Waals surface area contributed by atoms with Gasteiger partial charge in [-0.3, -0.25) is 10.1 Å². The van der Waals surface area contributed by atoms with E-state index in [1.165, 1.54) is 18.2 Å². The maximum atomic E-state index is 12.3. The van der Waals surface area contributed by atoms with Crippen LogP contribution in [0.1, 0.15) is 12.8 Å². The topological polar surface area (TPSA) is 98.3 Å². The van der Waals surface area contributed by atoms with Crippen LogP contribution >= 0.6 is 0 Å². The van der Waals surface area contributed by atoms with Crippen molar-refractivity contribution < 1.29 is 13.5 Å². The first kappa shape index (κ1) is 14.2. The van der Waals surface area contributed by atoms with E-state index in [1.807, 2.05) is 0 Å². The molecule has 0 spiro atoms. The molecule has 2 heterocycles. The van der Waals surface area contributed by atoms with E-state index in [1.54, 1.807) is 0 Å². The minimum absolute atomic E-state index is 0.0495. The van der Waals surface area contributed by atoms with Crippen LogP contribution < -0.4 is 5.32 Å². The lowest BCUT2D eigenvalue weighted by Crippen LogP contribution is -2.30. The molecule has 1 aliphatic heterocycles. The minimum atomic E-state index is -1.31. The van der Waals surface area contributed by atoms with E-state index in [-0.39, 0.29) is 10.9 Å². The summed E-state index contributed by atoms with van der Waals surface area (Å²) < 4.78 is 17.8. The standard InChI is InChI=1S/C13H15N3O4S/c17-16(18)10-1-2-12-11(7-10)15-13(20-12)21(19)8-9-3-5-14-6-4-9/h1-2,7,9,14H,3-6,8H2. The van der Waals surface area contributed by atoms with E-state index >= 15 is 0 Å². The molecule has 3 rings (SSSR count). The fourth-order valence-electron chi connectivity index (χ4n) is 2.44. The number of nitrogens with zero attached hydrogens (tertiary/aromatic N) is 2. The van der Waals surface area contributed by atoms with Crippen LogP contribution in [0.5, 0.6) is 0 Å². The van der Waals surface area contributed by atoms with Gasteiger partial charge >= 0.3 is 0 Å². The number of hydrogen-bond donors (Lipinski definition) is 1. The summed E-state index contributed by atoms with van der Waals surface area (Å²) in [5.41, 5.74) is 0.749. The number of rotatable bonds is 4. The van der Waals surface area contributed by atoms with Crippen molar-refractivity contribution >= 4 is 27.6 Å². The van der Waals surface area contributed by atoms with Gasteiger partial charge in [0.2, 0.25) is 0 Å². The molecule has 1 saturated heterocycles. The van der Waals surface area contributed by atoms with Crippen LogP contribution in [0, 0.1) is 16.0 Å². The molecule has 0 radical (unpaired) electrons. The Morgan fingerprint density at radius 1 is 1.43 bits per heavy atom. The third-order valence-corrected chi connectivity index (χ3v) is 4.94. The Labute approximate surface area is 123 Å². The van der Waals surface area contributed by atoms with Crippen LogP contribution in [0.25, 0.3) is 11.1 Å². The SMILES string of the molecule is O=[N+]([O-])c1ccc2oc(S(=O)CC3CCNCC3)nc2c1. The Morgan fingerprint density at radius 2 is 2.19 bits per heavy atom. The van der Waals surface area contributed by atoms with Crippen LogP contribution in [0.3, 0.4) is 0 Å². The third kappa shape index (κ3) is 3.11. The highest BCUT2D eigenvalue weighted by Gasteiger charge is 2.21. The largest absolute Gasteiger partial charge is 0.430 e. The number of hydrogen-bond acceptors (Lipinski definition) is 6. The van der Waals surface area contributed by atoms with Gasteiger partial charge in [-0.2, -0.15) is 0 Å². The minimum Gasteiger partial charge on any atom is -0.430 e. The fraction of sp³-hybridized carbons (Fsp3) is 0.462. The lowest BCUT2D eigenvalue weighted by molar-refractivity contribution is -0.384. The Morgan fingerprint density at radius 3 is 2.90 bits per heavy atom. The van der Waals surface area contributed by atoms with Gasteiger partial charge in [-0.1, -0.05) is 0 Å². The zero-order chi connectivity index (χ0) is 14.8. The summed E-state index contributed by atoms with van der Waals surface area (Å²) in [7, 11) is -1.31. The van der Waals surface area contributed by atoms with Crippen molar-refractivity contribution in [1.29, 1.82) is 0 Å². The van der Waals surface area contributed by atoms with Crippen LogP contribution in [0.15, 0.2) is 27.8 Å². The highest BCUT2D eigenvalue weighted by Crippen LogP contribution is 2.24. The summed E-state index contributed by atoms with van der Waals surface area (Å²) in [5.74, 6) is 0.924. The molecule has 7 nitrogen and oxygen atoms in total. The van der Waals surface area contributed by atoms with Crippen molar-refractivity contribution in [3.05, 3.63) is 28.3 Å². The van der Waals surface area contributed by atoms with Crippen LogP contribution in [-0.2, 0) is 10.8 Å². The van der Waals surface area contributed by atoms with E-state index in [9.17, 15) is 14.3 Å². The van der Waals surface area contributed by atoms with Gasteiger partial charge in [0.15, 0.2) is 5.58 Å². The Balaban J connectivity index is 1.79. The van der Waals surface area contributed by atoms with E-state index < -0.39 is 15.7 Å². The number of nitrogens with one attached hydrogen (secondary N) is 1. The van der Waals surface area contributed by atoms with Gasteiger partial charge in [0.25, 0.3) is 10.9 Å². The first-order valence-corrected chi connectivity index (χ1v) is 8.09. The fourth-order valence-corrected chi connectivity index (χ4v) is 3.73. The lowest BCUT2D eigenvalue weighted by atomic mass is 10.0. The summed E-state index contributed by atoms with van der Waals surface area (Å²) in [5, 5.41) is 14.1. The number of oxazole rings is 1. The zero-order valence-corrected chi connectivity index (χ0v) is 12.1. The molecule has 0 saturated carbocycles. The number of benzene rings is 1. The van der Waals surface area contributed by atoms with Gasteiger partial charge in [-0.05, 0) is 37.9 Å². The summed E-state index contributed by atoms with van der Waals surface area (Å²) in [6, 6.07) is 4.18. The van der Waals surface area contributed by atoms with Crippen molar-refractivity contribution in [2.75, 3.05) is 18.8 Å². The Hall–Kier alpha value is -1.80. The van der Waals surface area contributed by atoms with Gasteiger partial charge in [-0.25, -0.2) is 9.19 Å². The molecule has 2 aromatic rings. The molecule has 0 amide bonds. The quantitative estimate of drug-likeness (QED) is 0.683. The van der Waals surface area contributed by atoms with Gasteiger partial charge in [-0.15, -0.1) is 0 Å². The molecular weight excluding hydrogens is 294 g/mol. The molecule has 1 N–H and O–H groups in total. The third-order valence-electron chi connectivity index (χ3n) is 3.60. The Bertz CT molecular complexity index is 694. The van der Waals surface area contributed by atoms with Crippen molar-refractivity contribution in [3.8, 4) is 0 Å². The van der Waals surface area contributed by atoms with Crippen LogP contribution in [0.4, 0.5) is 5.69 Å². The normalized spacial score (nSPS) is 17.9. The van der Waals surface area contributed by atoms with E-state index in [0.29, 0.717) is 22.8 Å². The molecule has 1 atom stereocenters. The number of nitro benzene ring substituents is 1. The molecular formula is C13H15N3O4S. The average Bonchev–Trinajstić information content (AvgIpc) is 2.91. The number of fused-ring (bicyclic) bond motifs is 1. The second kappa shape index (κ2) is 5.90. The van der Waals surface area contributed by atoms with Crippen LogP contribution in [-0.4, -0.2) is 33.0 Å². The molecule has 1 fully saturated rings. The highest BCUT2D eigenvalue weighted by atomic mass is 32.2. The summed E-state index contributed by atoms with van der Waals surface area (Å²) in [4.78, 5) is 14.4. The molecule has 21 heavy (non-hydrogen) atoms. The predicted octanol–water partition coefficient (Wildman–Crippen LogP) is 1.84. The molecule has 1 aliphatic rings. The first-order valence-electron chi connectivity index (χ1n) is 6.77. The number of nitro groups is 1. The number of aromatic nitrogens is 1. The molecule has 1 unspecified atom stereocenters. The molecule has 0 aliphatic carbocycles. The second-order valence-corrected chi connectivity index (χ2v) is 6.47. The van der Waals surface area contributed by atoms with Crippen molar-refractivity contribution in [1.82, 2.24) is 10.3 Å². The van der Waals surface area contributed by atoms with Crippen molar-refractivity contribution in [2.45, 2.75) is 18.1 Å². The average molecular weight is 309 g/mol. The smallest absolute Gasteiger partial charge is 0.287 e. The van der Waals surface area contributed by atoms with E-state index in [4.69, 9.17) is 4.42 Å². The maximum absolute atomic E-state index is 12.3. The molecule has 8 heteroatoms. The van der Waals surface area contributed by atoms with Gasteiger partial charge in [0.05, 0.1) is 4.92 Å². The van der Waals surface area contributed by atoms with Crippen LogP contribution in [0.2, 0.25) is 0 Å². The summed E-state index contributed by atoms with van der Waals surface area (Å²) in [6.07, 6.45) is 1.99. The molecule has 0 bridgehead atoms. The molecule has 112 valence electrons. The van der Waals surface area contributed by atoms with E-state index in [0.717, 1.165) is 25.9 Å². The highest BCUT2D eigenvalue weighted by molar-refractivity contribution is 7.84. The number of non-ortho nitro benzene ring substituents is 1.